The number of H-pyrrole nitrogens is 1. The molecule has 0 aliphatic heterocycles. The normalized spacial score (nSPS) is 11.9. The summed E-state index contributed by atoms with van der Waals surface area (Å²) in [6.45, 7) is 1.23. The third-order valence-electron chi connectivity index (χ3n) is 5.79. The zero-order valence-electron chi connectivity index (χ0n) is 19.6. The Kier molecular flexibility index (Phi) is 6.31. The largest absolute Gasteiger partial charge is 0.416 e. The van der Waals surface area contributed by atoms with Gasteiger partial charge in [0, 0.05) is 29.0 Å². The van der Waals surface area contributed by atoms with Crippen LogP contribution in [0.2, 0.25) is 0 Å². The first-order valence-corrected chi connectivity index (χ1v) is 11.3. The Morgan fingerprint density at radius 3 is 2.73 bits per heavy atom. The van der Waals surface area contributed by atoms with Crippen molar-refractivity contribution in [3.63, 3.8) is 0 Å². The maximum atomic E-state index is 13.1. The average Bonchev–Trinajstić information content (AvgIpc) is 3.50. The maximum Gasteiger partial charge on any atom is 0.416 e. The lowest BCUT2D eigenvalue weighted by molar-refractivity contribution is -0.138. The molecule has 0 fully saturated rings. The molecule has 3 heterocycles. The molecule has 0 aliphatic rings. The number of carbonyl (C=O) groups excluding carboxylic acids is 1. The lowest BCUT2D eigenvalue weighted by Crippen LogP contribution is -2.19. The first-order valence-electron chi connectivity index (χ1n) is 11.3. The van der Waals surface area contributed by atoms with E-state index in [0.29, 0.717) is 0 Å². The van der Waals surface area contributed by atoms with E-state index in [1.54, 1.807) is 18.6 Å². The molecule has 10 heteroatoms. The Bertz CT molecular complexity index is 1600. The number of nitrogens with one attached hydrogen (secondary N) is 2. The van der Waals surface area contributed by atoms with Crippen molar-refractivity contribution in [2.24, 2.45) is 0 Å². The fourth-order valence-corrected chi connectivity index (χ4v) is 3.94. The smallest absolute Gasteiger partial charge is 0.324 e. The van der Waals surface area contributed by atoms with Crippen LogP contribution in [-0.4, -0.2) is 30.9 Å². The minimum Gasteiger partial charge on any atom is -0.324 e. The molecule has 37 heavy (non-hydrogen) atoms. The van der Waals surface area contributed by atoms with Gasteiger partial charge in [0.15, 0.2) is 0 Å². The number of alkyl halides is 3. The van der Waals surface area contributed by atoms with Gasteiger partial charge in [-0.05, 0) is 66.6 Å². The van der Waals surface area contributed by atoms with Crippen LogP contribution in [0, 0.1) is 6.92 Å². The van der Waals surface area contributed by atoms with Crippen molar-refractivity contribution in [2.75, 3.05) is 5.32 Å². The second kappa shape index (κ2) is 9.73. The minimum atomic E-state index is -4.49. The van der Waals surface area contributed by atoms with Crippen molar-refractivity contribution in [1.29, 1.82) is 0 Å². The van der Waals surface area contributed by atoms with Gasteiger partial charge in [-0.15, -0.1) is 0 Å². The van der Waals surface area contributed by atoms with Crippen molar-refractivity contribution in [1.82, 2.24) is 25.0 Å². The van der Waals surface area contributed by atoms with E-state index in [1.165, 1.54) is 23.7 Å². The van der Waals surface area contributed by atoms with E-state index in [0.717, 1.165) is 39.5 Å². The summed E-state index contributed by atoms with van der Waals surface area (Å²) < 4.78 is 40.9. The molecular formula is C27H21F3N6O. The average molecular weight is 503 g/mol. The Morgan fingerprint density at radius 2 is 1.95 bits per heavy atom. The zero-order chi connectivity index (χ0) is 26.0. The topological polar surface area (TPSA) is 88.5 Å². The molecule has 1 amide bonds. The van der Waals surface area contributed by atoms with Crippen LogP contribution in [0.5, 0.6) is 0 Å². The molecule has 0 radical (unpaired) electrons. The van der Waals surface area contributed by atoms with Crippen LogP contribution in [0.3, 0.4) is 0 Å². The molecule has 0 saturated carbocycles. The van der Waals surface area contributed by atoms with Crippen molar-refractivity contribution >= 4 is 34.6 Å². The summed E-state index contributed by atoms with van der Waals surface area (Å²) in [7, 11) is 0. The lowest BCUT2D eigenvalue weighted by Gasteiger charge is -2.12. The number of aromatic amines is 1. The number of hydrogen-bond donors (Lipinski definition) is 2. The molecule has 5 aromatic rings. The van der Waals surface area contributed by atoms with Crippen molar-refractivity contribution < 1.29 is 18.0 Å². The van der Waals surface area contributed by atoms with Crippen LogP contribution in [0.4, 0.5) is 18.9 Å². The monoisotopic (exact) mass is 502 g/mol. The molecule has 0 spiro atoms. The second-order valence-corrected chi connectivity index (χ2v) is 8.46. The van der Waals surface area contributed by atoms with Crippen molar-refractivity contribution in [3.8, 4) is 11.1 Å². The highest BCUT2D eigenvalue weighted by molar-refractivity contribution is 5.92. The van der Waals surface area contributed by atoms with E-state index in [1.807, 2.05) is 48.6 Å². The minimum absolute atomic E-state index is 0.0768. The zero-order valence-corrected chi connectivity index (χ0v) is 19.6. The number of pyridine rings is 1. The van der Waals surface area contributed by atoms with Crippen LogP contribution in [0.25, 0.3) is 34.2 Å². The maximum absolute atomic E-state index is 13.1. The first-order chi connectivity index (χ1) is 17.8. The summed E-state index contributed by atoms with van der Waals surface area (Å²) in [6, 6.07) is 15.2. The number of halogens is 3. The summed E-state index contributed by atoms with van der Waals surface area (Å²) >= 11 is 0. The number of aromatic nitrogens is 5. The van der Waals surface area contributed by atoms with E-state index >= 15 is 0 Å². The van der Waals surface area contributed by atoms with Gasteiger partial charge >= 0.3 is 6.18 Å². The van der Waals surface area contributed by atoms with Gasteiger partial charge in [0.2, 0.25) is 5.91 Å². The Balaban J connectivity index is 1.28. The molecule has 3 aromatic heterocycles. The molecule has 0 aliphatic carbocycles. The number of amides is 1. The number of carbonyl (C=O) groups is 1. The highest BCUT2D eigenvalue weighted by Gasteiger charge is 2.32. The standard InChI is InChI=1S/C27H21F3N6O/c1-17-5-7-21(13-23(17)27(28,29)30)33-26(37)16-36-15-19(14-32-36)18-6-9-22-24(34-35-25(22)12-18)10-8-20-4-2-3-11-31-20/h2-15H,16H2,1H3,(H,33,37)(H,34,35). The fourth-order valence-electron chi connectivity index (χ4n) is 3.94. The molecule has 186 valence electrons. The number of nitrogens with zero attached hydrogens (tertiary/aromatic N) is 4. The van der Waals surface area contributed by atoms with Crippen LogP contribution >= 0.6 is 0 Å². The Hall–Kier alpha value is -4.73. The highest BCUT2D eigenvalue weighted by atomic mass is 19.4. The van der Waals surface area contributed by atoms with Gasteiger partial charge in [-0.2, -0.15) is 23.4 Å². The van der Waals surface area contributed by atoms with Crippen molar-refractivity contribution in [3.05, 3.63) is 95.7 Å². The van der Waals surface area contributed by atoms with Gasteiger partial charge in [0.25, 0.3) is 0 Å². The summed E-state index contributed by atoms with van der Waals surface area (Å²) in [5, 5.41) is 15.1. The van der Waals surface area contributed by atoms with Crippen LogP contribution in [0.1, 0.15) is 22.5 Å². The molecule has 0 unspecified atom stereocenters. The highest BCUT2D eigenvalue weighted by Crippen LogP contribution is 2.33. The number of aryl methyl sites for hydroxylation is 1. The quantitative estimate of drug-likeness (QED) is 0.300. The Labute approximate surface area is 209 Å². The number of hydrogen-bond acceptors (Lipinski definition) is 4. The third kappa shape index (κ3) is 5.43. The van der Waals surface area contributed by atoms with E-state index in [4.69, 9.17) is 0 Å². The number of anilines is 1. The summed E-state index contributed by atoms with van der Waals surface area (Å²) in [4.78, 5) is 16.7. The van der Waals surface area contributed by atoms with Gasteiger partial charge < -0.3 is 5.32 Å². The Morgan fingerprint density at radius 1 is 1.08 bits per heavy atom. The molecule has 5 rings (SSSR count). The molecular weight excluding hydrogens is 481 g/mol. The number of rotatable bonds is 6. The second-order valence-electron chi connectivity index (χ2n) is 8.46. The van der Waals surface area contributed by atoms with Crippen LogP contribution in [0.15, 0.2) is 73.2 Å². The van der Waals surface area contributed by atoms with E-state index < -0.39 is 17.6 Å². The predicted molar refractivity (Wildman–Crippen MR) is 135 cm³/mol. The molecule has 0 bridgehead atoms. The molecule has 7 nitrogen and oxygen atoms in total. The summed E-state index contributed by atoms with van der Waals surface area (Å²) in [6.07, 6.45) is 4.34. The fraction of sp³-hybridized carbons (Fsp3) is 0.111. The molecule has 2 N–H and O–H groups in total. The first kappa shape index (κ1) is 24.0. The summed E-state index contributed by atoms with van der Waals surface area (Å²) in [5.41, 5.74) is 3.49. The van der Waals surface area contributed by atoms with Crippen LogP contribution in [-0.2, 0) is 17.5 Å². The molecule has 0 saturated heterocycles. The SMILES string of the molecule is Cc1ccc(NC(=O)Cn2cc(-c3ccc4c(C=Cc5ccccn5)n[nH]c4c3)cn2)cc1C(F)(F)F. The number of benzene rings is 2. The van der Waals surface area contributed by atoms with Gasteiger partial charge in [0.1, 0.15) is 6.54 Å². The van der Waals surface area contributed by atoms with E-state index in [-0.39, 0.29) is 17.8 Å². The van der Waals surface area contributed by atoms with Crippen molar-refractivity contribution in [2.45, 2.75) is 19.6 Å². The van der Waals surface area contributed by atoms with Gasteiger partial charge in [-0.3, -0.25) is 19.6 Å². The third-order valence-corrected chi connectivity index (χ3v) is 5.79. The molecule has 0 atom stereocenters. The lowest BCUT2D eigenvalue weighted by atomic mass is 10.1. The van der Waals surface area contributed by atoms with Crippen LogP contribution < -0.4 is 5.32 Å². The predicted octanol–water partition coefficient (Wildman–Crippen LogP) is 5.96. The van der Waals surface area contributed by atoms with E-state index in [2.05, 4.69) is 25.6 Å². The van der Waals surface area contributed by atoms with Gasteiger partial charge in [0.05, 0.1) is 28.7 Å². The van der Waals surface area contributed by atoms with Gasteiger partial charge in [-0.25, -0.2) is 0 Å². The molecule has 2 aromatic carbocycles. The number of fused-ring (bicyclic) bond motifs is 1. The van der Waals surface area contributed by atoms with Gasteiger partial charge in [-0.1, -0.05) is 18.2 Å². The van der Waals surface area contributed by atoms with E-state index in [9.17, 15) is 18.0 Å². The summed E-state index contributed by atoms with van der Waals surface area (Å²) in [5.74, 6) is -0.486.